The van der Waals surface area contributed by atoms with Crippen molar-refractivity contribution in [1.29, 1.82) is 0 Å². The molecule has 0 saturated heterocycles. The predicted octanol–water partition coefficient (Wildman–Crippen LogP) is 6.25. The smallest absolute Gasteiger partial charge is 0.428 e. The molecule has 3 aromatic carbocycles. The summed E-state index contributed by atoms with van der Waals surface area (Å²) in [5.74, 6) is -4.05. The highest BCUT2D eigenvalue weighted by molar-refractivity contribution is 5.90. The van der Waals surface area contributed by atoms with Gasteiger partial charge in [-0.3, -0.25) is 0 Å². The van der Waals surface area contributed by atoms with Crippen LogP contribution in [-0.4, -0.2) is 18.6 Å². The minimum atomic E-state index is -4.84. The summed E-state index contributed by atoms with van der Waals surface area (Å²) >= 11 is 0. The molecule has 1 unspecified atom stereocenters. The Morgan fingerprint density at radius 2 is 1.48 bits per heavy atom. The maximum Gasteiger partial charge on any atom is 0.461 e. The summed E-state index contributed by atoms with van der Waals surface area (Å²) in [6, 6.07) is 10.5. The lowest BCUT2D eigenvalue weighted by molar-refractivity contribution is -0.253. The summed E-state index contributed by atoms with van der Waals surface area (Å²) in [6.45, 7) is 0. The van der Waals surface area contributed by atoms with Crippen molar-refractivity contribution in [1.82, 2.24) is 5.32 Å². The first-order chi connectivity index (χ1) is 15.6. The van der Waals surface area contributed by atoms with Crippen LogP contribution in [0.15, 0.2) is 66.7 Å². The van der Waals surface area contributed by atoms with Gasteiger partial charge in [-0.1, -0.05) is 36.4 Å². The number of amides is 2. The van der Waals surface area contributed by atoms with Gasteiger partial charge in [0.25, 0.3) is 0 Å². The van der Waals surface area contributed by atoms with E-state index in [4.69, 9.17) is 0 Å². The number of anilines is 1. The molecule has 2 amide bonds. The summed E-state index contributed by atoms with van der Waals surface area (Å²) in [7, 11) is 0. The normalized spacial score (nSPS) is 12.4. The van der Waals surface area contributed by atoms with Crippen molar-refractivity contribution >= 4 is 11.7 Å². The van der Waals surface area contributed by atoms with E-state index in [-0.39, 0.29) is 0 Å². The van der Waals surface area contributed by atoms with E-state index in [0.29, 0.717) is 11.6 Å². The molecule has 0 aliphatic rings. The molecular formula is C22H15F7N2O2. The molecule has 0 spiro atoms. The van der Waals surface area contributed by atoms with E-state index in [1.54, 1.807) is 18.2 Å². The van der Waals surface area contributed by atoms with Gasteiger partial charge in [0.05, 0.1) is 17.3 Å². The fraction of sp³-hybridized carbons (Fsp3) is 0.136. The standard InChI is InChI=1S/C22H15F7N2O2/c23-14-7-4-8-15(24)18(14)19(12-5-2-1-3-6-12)31-21(32)30-17-10-9-13(11-16(17)25)33-22(28,29)20(26)27/h1-11,19-20H,(H2,30,31,32). The van der Waals surface area contributed by atoms with Crippen LogP contribution in [0.25, 0.3) is 0 Å². The van der Waals surface area contributed by atoms with Gasteiger partial charge < -0.3 is 15.4 Å². The minimum absolute atomic E-state index is 0.315. The summed E-state index contributed by atoms with van der Waals surface area (Å²) in [6.07, 6.45) is -8.98. The van der Waals surface area contributed by atoms with Crippen LogP contribution >= 0.6 is 0 Å². The molecule has 0 heterocycles. The van der Waals surface area contributed by atoms with Gasteiger partial charge in [0.15, 0.2) is 0 Å². The van der Waals surface area contributed by atoms with Crippen LogP contribution in [-0.2, 0) is 0 Å². The third-order valence-corrected chi connectivity index (χ3v) is 4.39. The highest BCUT2D eigenvalue weighted by Crippen LogP contribution is 2.30. The number of hydrogen-bond acceptors (Lipinski definition) is 2. The van der Waals surface area contributed by atoms with E-state index in [9.17, 15) is 35.5 Å². The van der Waals surface area contributed by atoms with Crippen LogP contribution in [0.1, 0.15) is 17.2 Å². The Balaban J connectivity index is 1.81. The molecule has 0 aromatic heterocycles. The molecule has 11 heteroatoms. The molecule has 0 aliphatic carbocycles. The topological polar surface area (TPSA) is 50.4 Å². The largest absolute Gasteiger partial charge is 0.461 e. The summed E-state index contributed by atoms with van der Waals surface area (Å²) < 4.78 is 97.1. The number of benzene rings is 3. The Labute approximate surface area is 183 Å². The first kappa shape index (κ1) is 23.9. The summed E-state index contributed by atoms with van der Waals surface area (Å²) in [5.41, 5.74) is -0.673. The average Bonchev–Trinajstić information content (AvgIpc) is 2.75. The second-order valence-electron chi connectivity index (χ2n) is 6.68. The van der Waals surface area contributed by atoms with Crippen molar-refractivity contribution in [2.24, 2.45) is 0 Å². The number of alkyl halides is 4. The van der Waals surface area contributed by atoms with E-state index >= 15 is 0 Å². The van der Waals surface area contributed by atoms with Gasteiger partial charge in [-0.25, -0.2) is 18.0 Å². The second-order valence-corrected chi connectivity index (χ2v) is 6.68. The van der Waals surface area contributed by atoms with Gasteiger partial charge in [-0.2, -0.15) is 17.6 Å². The Morgan fingerprint density at radius 1 is 0.848 bits per heavy atom. The maximum absolute atomic E-state index is 14.4. The third kappa shape index (κ3) is 5.73. The van der Waals surface area contributed by atoms with Crippen molar-refractivity contribution in [3.8, 4) is 5.75 Å². The quantitative estimate of drug-likeness (QED) is 0.400. The Bertz CT molecular complexity index is 1110. The fourth-order valence-electron chi connectivity index (χ4n) is 2.91. The Hall–Kier alpha value is -3.76. The van der Waals surface area contributed by atoms with Gasteiger partial charge >= 0.3 is 18.6 Å². The summed E-state index contributed by atoms with van der Waals surface area (Å²) in [5, 5.41) is 4.40. The third-order valence-electron chi connectivity index (χ3n) is 4.39. The van der Waals surface area contributed by atoms with Crippen LogP contribution < -0.4 is 15.4 Å². The van der Waals surface area contributed by atoms with Crippen LogP contribution in [0.3, 0.4) is 0 Å². The molecule has 4 nitrogen and oxygen atoms in total. The molecule has 0 radical (unpaired) electrons. The maximum atomic E-state index is 14.4. The van der Waals surface area contributed by atoms with Crippen LogP contribution in [0.4, 0.5) is 41.2 Å². The molecule has 33 heavy (non-hydrogen) atoms. The first-order valence-corrected chi connectivity index (χ1v) is 9.29. The lowest BCUT2D eigenvalue weighted by Gasteiger charge is -2.21. The predicted molar refractivity (Wildman–Crippen MR) is 105 cm³/mol. The number of nitrogens with one attached hydrogen (secondary N) is 2. The Morgan fingerprint density at radius 3 is 2.06 bits per heavy atom. The number of urea groups is 1. The Kier molecular flexibility index (Phi) is 7.10. The highest BCUT2D eigenvalue weighted by Gasteiger charge is 2.44. The van der Waals surface area contributed by atoms with E-state index in [2.05, 4.69) is 15.4 Å². The molecule has 1 atom stereocenters. The lowest BCUT2D eigenvalue weighted by Crippen LogP contribution is -2.34. The molecular weight excluding hydrogens is 457 g/mol. The van der Waals surface area contributed by atoms with Gasteiger partial charge in [0.1, 0.15) is 23.2 Å². The average molecular weight is 472 g/mol. The van der Waals surface area contributed by atoms with Crippen molar-refractivity contribution < 1.29 is 40.3 Å². The van der Waals surface area contributed by atoms with Crippen LogP contribution in [0.5, 0.6) is 5.75 Å². The number of halogens is 7. The fourth-order valence-corrected chi connectivity index (χ4v) is 2.91. The molecule has 2 N–H and O–H groups in total. The number of ether oxygens (including phenoxy) is 1. The van der Waals surface area contributed by atoms with Gasteiger partial charge in [-0.15, -0.1) is 0 Å². The number of hydrogen-bond donors (Lipinski definition) is 2. The van der Waals surface area contributed by atoms with Crippen molar-refractivity contribution in [3.63, 3.8) is 0 Å². The SMILES string of the molecule is O=C(Nc1ccc(OC(F)(F)C(F)F)cc1F)NC(c1ccccc1)c1c(F)cccc1F. The molecule has 0 aliphatic heterocycles. The van der Waals surface area contributed by atoms with Crippen molar-refractivity contribution in [2.45, 2.75) is 18.6 Å². The second kappa shape index (κ2) is 9.80. The zero-order valence-electron chi connectivity index (χ0n) is 16.5. The van der Waals surface area contributed by atoms with E-state index in [1.165, 1.54) is 12.1 Å². The highest BCUT2D eigenvalue weighted by atomic mass is 19.3. The number of rotatable bonds is 7. The first-order valence-electron chi connectivity index (χ1n) is 9.29. The van der Waals surface area contributed by atoms with Gasteiger partial charge in [-0.05, 0) is 29.8 Å². The monoisotopic (exact) mass is 472 g/mol. The minimum Gasteiger partial charge on any atom is -0.428 e. The van der Waals surface area contributed by atoms with E-state index < -0.39 is 59.1 Å². The molecule has 0 fully saturated rings. The molecule has 0 bridgehead atoms. The zero-order chi connectivity index (χ0) is 24.2. The van der Waals surface area contributed by atoms with Gasteiger partial charge in [0.2, 0.25) is 0 Å². The molecule has 3 aromatic rings. The van der Waals surface area contributed by atoms with E-state index in [0.717, 1.165) is 30.3 Å². The van der Waals surface area contributed by atoms with Crippen molar-refractivity contribution in [3.05, 3.63) is 95.3 Å². The van der Waals surface area contributed by atoms with E-state index in [1.807, 2.05) is 0 Å². The van der Waals surface area contributed by atoms with Crippen molar-refractivity contribution in [2.75, 3.05) is 5.32 Å². The number of carbonyl (C=O) groups excluding carboxylic acids is 1. The van der Waals surface area contributed by atoms with Crippen LogP contribution in [0, 0.1) is 17.5 Å². The zero-order valence-corrected chi connectivity index (χ0v) is 16.5. The molecule has 3 rings (SSSR count). The van der Waals surface area contributed by atoms with Crippen LogP contribution in [0.2, 0.25) is 0 Å². The van der Waals surface area contributed by atoms with Gasteiger partial charge in [0, 0.05) is 6.07 Å². The molecule has 0 saturated carbocycles. The molecule has 174 valence electrons. The lowest BCUT2D eigenvalue weighted by atomic mass is 9.98. The summed E-state index contributed by atoms with van der Waals surface area (Å²) in [4.78, 5) is 12.5. The number of carbonyl (C=O) groups is 1.